The molecule has 0 aliphatic rings. The van der Waals surface area contributed by atoms with Gasteiger partial charge >= 0.3 is 5.97 Å². The minimum absolute atomic E-state index is 0.458. The highest BCUT2D eigenvalue weighted by molar-refractivity contribution is 5.71. The second-order valence-corrected chi connectivity index (χ2v) is 4.05. The lowest BCUT2D eigenvalue weighted by atomic mass is 10.1. The Bertz CT molecular complexity index is 446. The van der Waals surface area contributed by atoms with E-state index in [9.17, 15) is 9.90 Å². The maximum Gasteiger partial charge on any atom is 0.326 e. The van der Waals surface area contributed by atoms with Crippen LogP contribution in [0.4, 0.5) is 0 Å². The number of aromatic nitrogens is 2. The van der Waals surface area contributed by atoms with Crippen LogP contribution < -0.4 is 0 Å². The predicted octanol–water partition coefficient (Wildman–Crippen LogP) is 2.40. The van der Waals surface area contributed by atoms with Gasteiger partial charge in [-0.2, -0.15) is 0 Å². The Labute approximate surface area is 100 Å². The topological polar surface area (TPSA) is 47.2 Å². The fourth-order valence-corrected chi connectivity index (χ4v) is 1.94. The van der Waals surface area contributed by atoms with Crippen molar-refractivity contribution >= 4 is 5.97 Å². The predicted molar refractivity (Wildman–Crippen MR) is 64.8 cm³/mol. The standard InChI is InChI=1S/C13H16N2O2/c16-13(17)12(15-10-3-4-11-15)6-5-9-14-7-1-2-8-14/h1-4,7-8,10-12H,5-6,9H2,(H,16,17)/t12-/m0/s1. The van der Waals surface area contributed by atoms with E-state index in [2.05, 4.69) is 4.57 Å². The summed E-state index contributed by atoms with van der Waals surface area (Å²) in [7, 11) is 0. The van der Waals surface area contributed by atoms with Crippen molar-refractivity contribution in [3.63, 3.8) is 0 Å². The van der Waals surface area contributed by atoms with Crippen LogP contribution in [-0.4, -0.2) is 20.2 Å². The van der Waals surface area contributed by atoms with Gasteiger partial charge in [0, 0.05) is 31.3 Å². The van der Waals surface area contributed by atoms with Gasteiger partial charge in [0.25, 0.3) is 0 Å². The number of nitrogens with zero attached hydrogens (tertiary/aromatic N) is 2. The van der Waals surface area contributed by atoms with E-state index in [1.807, 2.05) is 36.7 Å². The van der Waals surface area contributed by atoms with Gasteiger partial charge in [-0.15, -0.1) is 0 Å². The van der Waals surface area contributed by atoms with Crippen LogP contribution in [-0.2, 0) is 11.3 Å². The first kappa shape index (κ1) is 11.5. The molecule has 0 saturated carbocycles. The lowest BCUT2D eigenvalue weighted by Gasteiger charge is -2.14. The van der Waals surface area contributed by atoms with Gasteiger partial charge in [-0.25, -0.2) is 4.79 Å². The Balaban J connectivity index is 1.89. The zero-order chi connectivity index (χ0) is 12.1. The van der Waals surface area contributed by atoms with Crippen LogP contribution in [0.5, 0.6) is 0 Å². The number of rotatable bonds is 6. The van der Waals surface area contributed by atoms with Gasteiger partial charge in [-0.1, -0.05) is 0 Å². The van der Waals surface area contributed by atoms with Crippen LogP contribution in [0, 0.1) is 0 Å². The van der Waals surface area contributed by atoms with Crippen molar-refractivity contribution in [1.29, 1.82) is 0 Å². The maximum atomic E-state index is 11.2. The first-order valence-electron chi connectivity index (χ1n) is 5.73. The van der Waals surface area contributed by atoms with Crippen molar-refractivity contribution < 1.29 is 9.90 Å². The van der Waals surface area contributed by atoms with Crippen LogP contribution in [0.2, 0.25) is 0 Å². The number of hydrogen-bond donors (Lipinski definition) is 1. The molecule has 90 valence electrons. The molecule has 2 heterocycles. The fraction of sp³-hybridized carbons (Fsp3) is 0.308. The van der Waals surface area contributed by atoms with Crippen LogP contribution in [0.1, 0.15) is 18.9 Å². The molecule has 0 spiro atoms. The van der Waals surface area contributed by atoms with Crippen molar-refractivity contribution in [3.8, 4) is 0 Å². The molecule has 0 aliphatic carbocycles. The molecule has 0 unspecified atom stereocenters. The van der Waals surface area contributed by atoms with Crippen molar-refractivity contribution in [2.24, 2.45) is 0 Å². The maximum absolute atomic E-state index is 11.2. The normalized spacial score (nSPS) is 12.5. The Kier molecular flexibility index (Phi) is 3.65. The molecular formula is C13H16N2O2. The molecule has 4 nitrogen and oxygen atoms in total. The average molecular weight is 232 g/mol. The zero-order valence-corrected chi connectivity index (χ0v) is 9.57. The highest BCUT2D eigenvalue weighted by Crippen LogP contribution is 2.15. The van der Waals surface area contributed by atoms with Gasteiger partial charge in [0.05, 0.1) is 0 Å². The Morgan fingerprint density at radius 1 is 1.06 bits per heavy atom. The Morgan fingerprint density at radius 2 is 1.65 bits per heavy atom. The molecule has 0 saturated heterocycles. The second kappa shape index (κ2) is 5.39. The molecule has 2 aromatic rings. The Hall–Kier alpha value is -1.97. The molecule has 0 bridgehead atoms. The fourth-order valence-electron chi connectivity index (χ4n) is 1.94. The Morgan fingerprint density at radius 3 is 2.24 bits per heavy atom. The zero-order valence-electron chi connectivity index (χ0n) is 9.57. The number of carboxylic acid groups (broad SMARTS) is 1. The molecule has 0 radical (unpaired) electrons. The largest absolute Gasteiger partial charge is 0.480 e. The third kappa shape index (κ3) is 3.00. The third-order valence-corrected chi connectivity index (χ3v) is 2.83. The summed E-state index contributed by atoms with van der Waals surface area (Å²) in [6, 6.07) is 7.19. The van der Waals surface area contributed by atoms with E-state index in [1.165, 1.54) is 0 Å². The monoisotopic (exact) mass is 232 g/mol. The molecule has 0 aliphatic heterocycles. The molecular weight excluding hydrogens is 216 g/mol. The number of aliphatic carboxylic acids is 1. The second-order valence-electron chi connectivity index (χ2n) is 4.05. The lowest BCUT2D eigenvalue weighted by molar-refractivity contribution is -0.141. The summed E-state index contributed by atoms with van der Waals surface area (Å²) < 4.78 is 3.81. The highest BCUT2D eigenvalue weighted by atomic mass is 16.4. The van der Waals surface area contributed by atoms with Crippen molar-refractivity contribution in [3.05, 3.63) is 49.1 Å². The smallest absolute Gasteiger partial charge is 0.326 e. The molecule has 1 atom stereocenters. The molecule has 2 aromatic heterocycles. The van der Waals surface area contributed by atoms with Crippen LogP contribution in [0.15, 0.2) is 49.1 Å². The van der Waals surface area contributed by atoms with Crippen LogP contribution in [0.25, 0.3) is 0 Å². The quantitative estimate of drug-likeness (QED) is 0.831. The summed E-state index contributed by atoms with van der Waals surface area (Å²) >= 11 is 0. The molecule has 1 N–H and O–H groups in total. The van der Waals surface area contributed by atoms with Gasteiger partial charge in [0.1, 0.15) is 6.04 Å². The lowest BCUT2D eigenvalue weighted by Crippen LogP contribution is -2.18. The summed E-state index contributed by atoms with van der Waals surface area (Å²) in [4.78, 5) is 11.2. The minimum Gasteiger partial charge on any atom is -0.480 e. The minimum atomic E-state index is -0.770. The van der Waals surface area contributed by atoms with Gasteiger partial charge in [-0.3, -0.25) is 0 Å². The van der Waals surface area contributed by atoms with E-state index in [0.29, 0.717) is 6.42 Å². The molecule has 0 aromatic carbocycles. The van der Waals surface area contributed by atoms with Gasteiger partial charge in [-0.05, 0) is 37.1 Å². The van der Waals surface area contributed by atoms with Crippen molar-refractivity contribution in [2.75, 3.05) is 0 Å². The number of aryl methyl sites for hydroxylation is 1. The first-order valence-corrected chi connectivity index (χ1v) is 5.73. The van der Waals surface area contributed by atoms with E-state index in [-0.39, 0.29) is 0 Å². The molecule has 17 heavy (non-hydrogen) atoms. The van der Waals surface area contributed by atoms with Crippen molar-refractivity contribution in [1.82, 2.24) is 9.13 Å². The van der Waals surface area contributed by atoms with E-state index in [0.717, 1.165) is 13.0 Å². The molecule has 4 heteroatoms. The van der Waals surface area contributed by atoms with Crippen molar-refractivity contribution in [2.45, 2.75) is 25.4 Å². The first-order chi connectivity index (χ1) is 8.27. The van der Waals surface area contributed by atoms with E-state index in [1.54, 1.807) is 17.0 Å². The highest BCUT2D eigenvalue weighted by Gasteiger charge is 2.17. The van der Waals surface area contributed by atoms with E-state index >= 15 is 0 Å². The summed E-state index contributed by atoms with van der Waals surface area (Å²) in [5.41, 5.74) is 0. The number of carbonyl (C=O) groups is 1. The number of carboxylic acids is 1. The van der Waals surface area contributed by atoms with Crippen LogP contribution in [0.3, 0.4) is 0 Å². The van der Waals surface area contributed by atoms with E-state index in [4.69, 9.17) is 0 Å². The van der Waals surface area contributed by atoms with Gasteiger partial charge in [0.2, 0.25) is 0 Å². The van der Waals surface area contributed by atoms with Gasteiger partial charge in [0.15, 0.2) is 0 Å². The van der Waals surface area contributed by atoms with E-state index < -0.39 is 12.0 Å². The summed E-state index contributed by atoms with van der Waals surface area (Å²) in [6.45, 7) is 0.859. The number of hydrogen-bond acceptors (Lipinski definition) is 1. The van der Waals surface area contributed by atoms with Gasteiger partial charge < -0.3 is 14.2 Å². The summed E-state index contributed by atoms with van der Waals surface area (Å²) in [5, 5.41) is 9.17. The summed E-state index contributed by atoms with van der Waals surface area (Å²) in [6.07, 6.45) is 9.08. The molecule has 0 amide bonds. The SMILES string of the molecule is O=C(O)[C@H](CCCn1cccc1)n1cccc1. The third-order valence-electron chi connectivity index (χ3n) is 2.83. The average Bonchev–Trinajstić information content (AvgIpc) is 2.96. The summed E-state index contributed by atoms with van der Waals surface area (Å²) in [5.74, 6) is -0.770. The molecule has 0 fully saturated rings. The van der Waals surface area contributed by atoms with Crippen LogP contribution >= 0.6 is 0 Å². The molecule has 2 rings (SSSR count).